The molecule has 3 nitrogen and oxygen atoms in total. The second-order valence-electron chi connectivity index (χ2n) is 4.30. The summed E-state index contributed by atoms with van der Waals surface area (Å²) in [6.45, 7) is 4.19. The predicted octanol–water partition coefficient (Wildman–Crippen LogP) is 2.70. The van der Waals surface area contributed by atoms with E-state index in [4.69, 9.17) is 4.74 Å². The smallest absolute Gasteiger partial charge is 0.253 e. The number of hydrogen-bond acceptors (Lipinski definition) is 2. The van der Waals surface area contributed by atoms with Crippen LogP contribution in [0.25, 0.3) is 0 Å². The van der Waals surface area contributed by atoms with Gasteiger partial charge >= 0.3 is 0 Å². The summed E-state index contributed by atoms with van der Waals surface area (Å²) < 4.78 is 6.47. The van der Waals surface area contributed by atoms with Crippen molar-refractivity contribution in [1.82, 2.24) is 4.90 Å². The van der Waals surface area contributed by atoms with E-state index in [1.165, 1.54) is 0 Å². The Kier molecular flexibility index (Phi) is 4.18. The molecule has 1 amide bonds. The SMILES string of the molecule is CC1CN(C(=O)c2cccc(Br)c2)CCCO1. The number of rotatable bonds is 1. The van der Waals surface area contributed by atoms with Crippen LogP contribution in [0.15, 0.2) is 28.7 Å². The third-order valence-electron chi connectivity index (χ3n) is 2.81. The van der Waals surface area contributed by atoms with Crippen molar-refractivity contribution in [3.8, 4) is 0 Å². The van der Waals surface area contributed by atoms with Crippen LogP contribution in [0.4, 0.5) is 0 Å². The van der Waals surface area contributed by atoms with Crippen LogP contribution in [0.2, 0.25) is 0 Å². The predicted molar refractivity (Wildman–Crippen MR) is 70.1 cm³/mol. The zero-order chi connectivity index (χ0) is 12.3. The number of ether oxygens (including phenoxy) is 1. The molecule has 0 bridgehead atoms. The first-order chi connectivity index (χ1) is 8.16. The molecular weight excluding hydrogens is 282 g/mol. The molecule has 0 N–H and O–H groups in total. The first-order valence-electron chi connectivity index (χ1n) is 5.83. The Balaban J connectivity index is 2.13. The molecule has 0 saturated carbocycles. The summed E-state index contributed by atoms with van der Waals surface area (Å²) in [5.41, 5.74) is 0.730. The normalized spacial score (nSPS) is 21.1. The Bertz CT molecular complexity index is 408. The van der Waals surface area contributed by atoms with Gasteiger partial charge in [0.25, 0.3) is 5.91 Å². The summed E-state index contributed by atoms with van der Waals surface area (Å²) in [4.78, 5) is 14.2. The summed E-state index contributed by atoms with van der Waals surface area (Å²) >= 11 is 3.39. The Morgan fingerprint density at radius 1 is 1.53 bits per heavy atom. The van der Waals surface area contributed by atoms with E-state index >= 15 is 0 Å². The van der Waals surface area contributed by atoms with Crippen molar-refractivity contribution in [3.63, 3.8) is 0 Å². The van der Waals surface area contributed by atoms with Crippen molar-refractivity contribution in [3.05, 3.63) is 34.3 Å². The number of hydrogen-bond donors (Lipinski definition) is 0. The van der Waals surface area contributed by atoms with Crippen LogP contribution in [0.1, 0.15) is 23.7 Å². The van der Waals surface area contributed by atoms with Crippen molar-refractivity contribution in [2.24, 2.45) is 0 Å². The number of nitrogens with zero attached hydrogens (tertiary/aromatic N) is 1. The summed E-state index contributed by atoms with van der Waals surface area (Å²) in [7, 11) is 0. The number of carbonyl (C=O) groups excluding carboxylic acids is 1. The Morgan fingerprint density at radius 3 is 3.12 bits per heavy atom. The number of carbonyl (C=O) groups is 1. The van der Waals surface area contributed by atoms with Gasteiger partial charge in [-0.2, -0.15) is 0 Å². The van der Waals surface area contributed by atoms with E-state index in [-0.39, 0.29) is 12.0 Å². The fourth-order valence-electron chi connectivity index (χ4n) is 1.98. The molecule has 0 aromatic heterocycles. The molecule has 0 aliphatic carbocycles. The van der Waals surface area contributed by atoms with Gasteiger partial charge < -0.3 is 9.64 Å². The third kappa shape index (κ3) is 3.30. The lowest BCUT2D eigenvalue weighted by Crippen LogP contribution is -2.35. The van der Waals surface area contributed by atoms with E-state index in [1.54, 1.807) is 0 Å². The highest BCUT2D eigenvalue weighted by atomic mass is 79.9. The van der Waals surface area contributed by atoms with Crippen LogP contribution in [-0.4, -0.2) is 36.6 Å². The molecule has 17 heavy (non-hydrogen) atoms. The van der Waals surface area contributed by atoms with Crippen LogP contribution < -0.4 is 0 Å². The summed E-state index contributed by atoms with van der Waals surface area (Å²) in [5.74, 6) is 0.0867. The first kappa shape index (κ1) is 12.6. The molecular formula is C13H16BrNO2. The average molecular weight is 298 g/mol. The zero-order valence-corrected chi connectivity index (χ0v) is 11.4. The molecule has 1 fully saturated rings. The molecule has 1 unspecified atom stereocenters. The van der Waals surface area contributed by atoms with E-state index in [2.05, 4.69) is 15.9 Å². The highest BCUT2D eigenvalue weighted by molar-refractivity contribution is 9.10. The minimum absolute atomic E-state index is 0.0867. The third-order valence-corrected chi connectivity index (χ3v) is 3.30. The average Bonchev–Trinajstić information content (AvgIpc) is 2.53. The topological polar surface area (TPSA) is 29.5 Å². The molecule has 1 aliphatic heterocycles. The quantitative estimate of drug-likeness (QED) is 0.798. The Hall–Kier alpha value is -0.870. The van der Waals surface area contributed by atoms with Crippen LogP contribution in [0, 0.1) is 0 Å². The molecule has 92 valence electrons. The van der Waals surface area contributed by atoms with E-state index in [1.807, 2.05) is 36.1 Å². The molecule has 1 aromatic carbocycles. The van der Waals surface area contributed by atoms with Crippen molar-refractivity contribution >= 4 is 21.8 Å². The van der Waals surface area contributed by atoms with Gasteiger partial charge in [-0.25, -0.2) is 0 Å². The van der Waals surface area contributed by atoms with E-state index in [0.717, 1.165) is 29.6 Å². The van der Waals surface area contributed by atoms with Gasteiger partial charge in [0.2, 0.25) is 0 Å². The van der Waals surface area contributed by atoms with E-state index in [9.17, 15) is 4.79 Å². The zero-order valence-electron chi connectivity index (χ0n) is 9.86. The van der Waals surface area contributed by atoms with Gasteiger partial charge in [-0.1, -0.05) is 22.0 Å². The molecule has 1 aromatic rings. The van der Waals surface area contributed by atoms with Gasteiger partial charge in [0.15, 0.2) is 0 Å². The van der Waals surface area contributed by atoms with Gasteiger partial charge in [0.1, 0.15) is 0 Å². The molecule has 1 saturated heterocycles. The minimum atomic E-state index is 0.0867. The van der Waals surface area contributed by atoms with Crippen molar-refractivity contribution in [2.45, 2.75) is 19.4 Å². The number of amides is 1. The lowest BCUT2D eigenvalue weighted by atomic mass is 10.2. The van der Waals surface area contributed by atoms with Gasteiger partial charge in [0.05, 0.1) is 6.10 Å². The van der Waals surface area contributed by atoms with Crippen LogP contribution >= 0.6 is 15.9 Å². The van der Waals surface area contributed by atoms with Crippen LogP contribution in [0.5, 0.6) is 0 Å². The van der Waals surface area contributed by atoms with Crippen molar-refractivity contribution < 1.29 is 9.53 Å². The van der Waals surface area contributed by atoms with Crippen LogP contribution in [-0.2, 0) is 4.74 Å². The molecule has 2 rings (SSSR count). The Labute approximate surface area is 110 Å². The molecule has 0 radical (unpaired) electrons. The Morgan fingerprint density at radius 2 is 2.35 bits per heavy atom. The van der Waals surface area contributed by atoms with E-state index < -0.39 is 0 Å². The van der Waals surface area contributed by atoms with Gasteiger partial charge in [-0.15, -0.1) is 0 Å². The molecule has 1 atom stereocenters. The van der Waals surface area contributed by atoms with E-state index in [0.29, 0.717) is 6.54 Å². The second kappa shape index (κ2) is 5.65. The lowest BCUT2D eigenvalue weighted by Gasteiger charge is -2.22. The highest BCUT2D eigenvalue weighted by Crippen LogP contribution is 2.15. The first-order valence-corrected chi connectivity index (χ1v) is 6.62. The van der Waals surface area contributed by atoms with Crippen LogP contribution in [0.3, 0.4) is 0 Å². The molecule has 0 spiro atoms. The molecule has 4 heteroatoms. The summed E-state index contributed by atoms with van der Waals surface area (Å²) in [5, 5.41) is 0. The maximum absolute atomic E-state index is 12.3. The summed E-state index contributed by atoms with van der Waals surface area (Å²) in [6, 6.07) is 7.52. The second-order valence-corrected chi connectivity index (χ2v) is 5.21. The maximum Gasteiger partial charge on any atom is 0.253 e. The summed E-state index contributed by atoms with van der Waals surface area (Å²) in [6.07, 6.45) is 1.03. The molecule has 1 heterocycles. The minimum Gasteiger partial charge on any atom is -0.377 e. The monoisotopic (exact) mass is 297 g/mol. The number of halogens is 1. The van der Waals surface area contributed by atoms with Crippen molar-refractivity contribution in [1.29, 1.82) is 0 Å². The van der Waals surface area contributed by atoms with Gasteiger partial charge in [0, 0.05) is 29.7 Å². The number of benzene rings is 1. The van der Waals surface area contributed by atoms with Crippen molar-refractivity contribution in [2.75, 3.05) is 19.7 Å². The maximum atomic E-state index is 12.3. The molecule has 1 aliphatic rings. The fraction of sp³-hybridized carbons (Fsp3) is 0.462. The standard InChI is InChI=1S/C13H16BrNO2/c1-10-9-15(6-3-7-17-10)13(16)11-4-2-5-12(14)8-11/h2,4-5,8,10H,3,6-7,9H2,1H3. The fourth-order valence-corrected chi connectivity index (χ4v) is 2.38. The largest absolute Gasteiger partial charge is 0.377 e. The highest BCUT2D eigenvalue weighted by Gasteiger charge is 2.20. The van der Waals surface area contributed by atoms with Gasteiger partial charge in [-0.3, -0.25) is 4.79 Å². The lowest BCUT2D eigenvalue weighted by molar-refractivity contribution is 0.0562. The van der Waals surface area contributed by atoms with Gasteiger partial charge in [-0.05, 0) is 31.5 Å².